The van der Waals surface area contributed by atoms with Crippen molar-refractivity contribution in [2.75, 3.05) is 0 Å². The Kier molecular flexibility index (Phi) is 4.99. The van der Waals surface area contributed by atoms with Gasteiger partial charge in [0.1, 0.15) is 17.4 Å². The van der Waals surface area contributed by atoms with Crippen LogP contribution in [0.15, 0.2) is 63.8 Å². The van der Waals surface area contributed by atoms with Crippen molar-refractivity contribution in [1.29, 1.82) is 0 Å². The van der Waals surface area contributed by atoms with Crippen molar-refractivity contribution >= 4 is 11.0 Å². The van der Waals surface area contributed by atoms with Gasteiger partial charge in [0, 0.05) is 17.5 Å². The van der Waals surface area contributed by atoms with E-state index in [1.54, 1.807) is 6.07 Å². The number of hydrogen-bond donors (Lipinski definition) is 0. The van der Waals surface area contributed by atoms with Gasteiger partial charge >= 0.3 is 5.63 Å². The van der Waals surface area contributed by atoms with Gasteiger partial charge in [0.2, 0.25) is 0 Å². The van der Waals surface area contributed by atoms with Crippen molar-refractivity contribution in [3.8, 4) is 5.75 Å². The lowest BCUT2D eigenvalue weighted by Crippen LogP contribution is -2.04. The topological polar surface area (TPSA) is 39.4 Å². The van der Waals surface area contributed by atoms with Crippen LogP contribution < -0.4 is 10.4 Å². The Morgan fingerprint density at radius 3 is 2.62 bits per heavy atom. The molecule has 1 unspecified atom stereocenters. The van der Waals surface area contributed by atoms with Crippen LogP contribution in [-0.2, 0) is 6.42 Å². The van der Waals surface area contributed by atoms with Gasteiger partial charge in [-0.05, 0) is 43.0 Å². The van der Waals surface area contributed by atoms with E-state index in [2.05, 4.69) is 6.92 Å². The molecule has 0 saturated heterocycles. The summed E-state index contributed by atoms with van der Waals surface area (Å²) in [5, 5.41) is 0.989. The summed E-state index contributed by atoms with van der Waals surface area (Å²) < 4.78 is 11.4. The summed E-state index contributed by atoms with van der Waals surface area (Å²) in [7, 11) is 0. The average molecular weight is 322 g/mol. The average Bonchev–Trinajstić information content (AvgIpc) is 2.60. The number of rotatable bonds is 6. The van der Waals surface area contributed by atoms with Crippen LogP contribution in [0.3, 0.4) is 0 Å². The van der Waals surface area contributed by atoms with Crippen molar-refractivity contribution in [1.82, 2.24) is 0 Å². The monoisotopic (exact) mass is 322 g/mol. The van der Waals surface area contributed by atoms with Crippen molar-refractivity contribution in [3.05, 3.63) is 76.1 Å². The number of unbranched alkanes of at least 4 members (excludes halogenated alkanes) is 1. The number of aryl methyl sites for hydroxylation is 1. The first-order valence-electron chi connectivity index (χ1n) is 8.45. The SMILES string of the molecule is CCCCc1cc(=O)oc2cc(OC(C)c3ccccc3)ccc12. The molecule has 0 amide bonds. The summed E-state index contributed by atoms with van der Waals surface area (Å²) in [6.07, 6.45) is 2.97. The van der Waals surface area contributed by atoms with Crippen LogP contribution in [-0.4, -0.2) is 0 Å². The number of fused-ring (bicyclic) bond motifs is 1. The molecule has 3 nitrogen and oxygen atoms in total. The van der Waals surface area contributed by atoms with Crippen molar-refractivity contribution in [3.63, 3.8) is 0 Å². The molecule has 0 radical (unpaired) electrons. The maximum absolute atomic E-state index is 11.8. The molecule has 0 bridgehead atoms. The van der Waals surface area contributed by atoms with Crippen molar-refractivity contribution in [2.24, 2.45) is 0 Å². The minimum absolute atomic E-state index is 0.0707. The second-order valence-corrected chi connectivity index (χ2v) is 6.02. The molecule has 0 saturated carbocycles. The van der Waals surface area contributed by atoms with Crippen LogP contribution in [0.5, 0.6) is 5.75 Å². The molecule has 3 aromatic rings. The fraction of sp³-hybridized carbons (Fsp3) is 0.286. The molecular weight excluding hydrogens is 300 g/mol. The van der Waals surface area contributed by atoms with Crippen LogP contribution in [0.1, 0.15) is 43.9 Å². The van der Waals surface area contributed by atoms with E-state index in [4.69, 9.17) is 9.15 Å². The normalized spacial score (nSPS) is 12.2. The third kappa shape index (κ3) is 3.67. The summed E-state index contributed by atoms with van der Waals surface area (Å²) >= 11 is 0. The van der Waals surface area contributed by atoms with E-state index in [9.17, 15) is 4.79 Å². The Balaban J connectivity index is 1.89. The Morgan fingerprint density at radius 1 is 1.08 bits per heavy atom. The molecule has 3 heteroatoms. The predicted octanol–water partition coefficient (Wildman–Crippen LogP) is 5.28. The maximum Gasteiger partial charge on any atom is 0.336 e. The molecule has 0 aliphatic heterocycles. The Bertz CT molecular complexity index is 865. The molecule has 1 atom stereocenters. The van der Waals surface area contributed by atoms with Crippen molar-refractivity contribution in [2.45, 2.75) is 39.2 Å². The third-order valence-electron chi connectivity index (χ3n) is 4.18. The van der Waals surface area contributed by atoms with Crippen molar-refractivity contribution < 1.29 is 9.15 Å². The number of benzene rings is 2. The standard InChI is InChI=1S/C21H22O3/c1-3-4-8-17-13-21(22)24-20-14-18(11-12-19(17)20)23-15(2)16-9-6-5-7-10-16/h5-7,9-15H,3-4,8H2,1-2H3. The lowest BCUT2D eigenvalue weighted by molar-refractivity contribution is 0.227. The Morgan fingerprint density at radius 2 is 1.88 bits per heavy atom. The van der Waals surface area contributed by atoms with E-state index in [1.807, 2.05) is 55.5 Å². The first kappa shape index (κ1) is 16.3. The largest absolute Gasteiger partial charge is 0.486 e. The molecule has 2 aromatic carbocycles. The molecular formula is C21H22O3. The summed E-state index contributed by atoms with van der Waals surface area (Å²) in [6, 6.07) is 17.4. The molecule has 3 rings (SSSR count). The molecule has 0 spiro atoms. The van der Waals surface area contributed by atoms with E-state index in [0.717, 1.165) is 35.8 Å². The van der Waals surface area contributed by atoms with Gasteiger partial charge < -0.3 is 9.15 Å². The lowest BCUT2D eigenvalue weighted by Gasteiger charge is -2.15. The van der Waals surface area contributed by atoms with Gasteiger partial charge in [0.25, 0.3) is 0 Å². The fourth-order valence-corrected chi connectivity index (χ4v) is 2.85. The van der Waals surface area contributed by atoms with Crippen LogP contribution in [0, 0.1) is 0 Å². The van der Waals surface area contributed by atoms with Gasteiger partial charge in [-0.1, -0.05) is 43.7 Å². The van der Waals surface area contributed by atoms with Gasteiger partial charge in [-0.2, -0.15) is 0 Å². The second-order valence-electron chi connectivity index (χ2n) is 6.02. The zero-order valence-corrected chi connectivity index (χ0v) is 14.1. The summed E-state index contributed by atoms with van der Waals surface area (Å²) in [5.41, 5.74) is 2.44. The first-order valence-corrected chi connectivity index (χ1v) is 8.45. The van der Waals surface area contributed by atoms with E-state index in [1.165, 1.54) is 0 Å². The summed E-state index contributed by atoms with van der Waals surface area (Å²) in [5.74, 6) is 0.703. The first-order chi connectivity index (χ1) is 11.7. The highest BCUT2D eigenvalue weighted by Crippen LogP contribution is 2.27. The number of hydrogen-bond acceptors (Lipinski definition) is 3. The molecule has 1 heterocycles. The quantitative estimate of drug-likeness (QED) is 0.580. The minimum atomic E-state index is -0.304. The van der Waals surface area contributed by atoms with Gasteiger partial charge in [-0.25, -0.2) is 4.79 Å². The van der Waals surface area contributed by atoms with E-state index < -0.39 is 0 Å². The third-order valence-corrected chi connectivity index (χ3v) is 4.18. The minimum Gasteiger partial charge on any atom is -0.486 e. The Labute approximate surface area is 141 Å². The van der Waals surface area contributed by atoms with Crippen LogP contribution in [0.25, 0.3) is 11.0 Å². The Hall–Kier alpha value is -2.55. The van der Waals surface area contributed by atoms with E-state index in [-0.39, 0.29) is 11.7 Å². The second kappa shape index (κ2) is 7.35. The smallest absolute Gasteiger partial charge is 0.336 e. The highest BCUT2D eigenvalue weighted by atomic mass is 16.5. The molecule has 1 aromatic heterocycles. The molecule has 0 aliphatic carbocycles. The lowest BCUT2D eigenvalue weighted by atomic mass is 10.0. The van der Waals surface area contributed by atoms with E-state index in [0.29, 0.717) is 11.3 Å². The van der Waals surface area contributed by atoms with Gasteiger partial charge in [0.05, 0.1) is 0 Å². The predicted molar refractivity (Wildman–Crippen MR) is 96.6 cm³/mol. The van der Waals surface area contributed by atoms with Crippen LogP contribution >= 0.6 is 0 Å². The molecule has 0 aliphatic rings. The van der Waals surface area contributed by atoms with Gasteiger partial charge in [-0.3, -0.25) is 0 Å². The molecule has 24 heavy (non-hydrogen) atoms. The van der Waals surface area contributed by atoms with Crippen LogP contribution in [0.4, 0.5) is 0 Å². The number of ether oxygens (including phenoxy) is 1. The maximum atomic E-state index is 11.8. The van der Waals surface area contributed by atoms with Gasteiger partial charge in [-0.15, -0.1) is 0 Å². The van der Waals surface area contributed by atoms with E-state index >= 15 is 0 Å². The zero-order chi connectivity index (χ0) is 16.9. The molecule has 124 valence electrons. The molecule has 0 fully saturated rings. The fourth-order valence-electron chi connectivity index (χ4n) is 2.85. The molecule has 0 N–H and O–H groups in total. The van der Waals surface area contributed by atoms with Crippen LogP contribution in [0.2, 0.25) is 0 Å². The highest BCUT2D eigenvalue weighted by molar-refractivity contribution is 5.81. The summed E-state index contributed by atoms with van der Waals surface area (Å²) in [4.78, 5) is 11.8. The van der Waals surface area contributed by atoms with Gasteiger partial charge in [0.15, 0.2) is 0 Å². The zero-order valence-electron chi connectivity index (χ0n) is 14.1. The summed E-state index contributed by atoms with van der Waals surface area (Å²) in [6.45, 7) is 4.15. The highest BCUT2D eigenvalue weighted by Gasteiger charge is 2.10.